The van der Waals surface area contributed by atoms with Crippen LogP contribution < -0.4 is 11.3 Å². The van der Waals surface area contributed by atoms with E-state index in [0.29, 0.717) is 6.04 Å². The van der Waals surface area contributed by atoms with Gasteiger partial charge >= 0.3 is 0 Å². The van der Waals surface area contributed by atoms with Crippen LogP contribution in [0.5, 0.6) is 0 Å². The average molecular weight is 190 g/mol. The quantitative estimate of drug-likeness (QED) is 0.476. The predicted octanol–water partition coefficient (Wildman–Crippen LogP) is 2.01. The lowest BCUT2D eigenvalue weighted by atomic mass is 10.0. The Hall–Kier alpha value is 0.270. The predicted molar refractivity (Wildman–Crippen MR) is 58.2 cm³/mol. The maximum atomic E-state index is 5.44. The van der Waals surface area contributed by atoms with Gasteiger partial charge in [0.2, 0.25) is 0 Å². The number of hydrogen-bond donors (Lipinski definition) is 2. The standard InChI is InChI=1S/C9H22N2S/c1-8(2)4-5-9(11-10)6-7-12-3/h8-9,11H,4-7,10H2,1-3H3. The molecule has 0 saturated heterocycles. The smallest absolute Gasteiger partial charge is 0.0218 e. The third kappa shape index (κ3) is 6.95. The zero-order valence-corrected chi connectivity index (χ0v) is 9.29. The van der Waals surface area contributed by atoms with E-state index >= 15 is 0 Å². The zero-order chi connectivity index (χ0) is 9.40. The fourth-order valence-corrected chi connectivity index (χ4v) is 1.63. The molecule has 2 nitrogen and oxygen atoms in total. The SMILES string of the molecule is CSCCC(CCC(C)C)NN. The largest absolute Gasteiger partial charge is 0.271 e. The van der Waals surface area contributed by atoms with Gasteiger partial charge in [0.25, 0.3) is 0 Å². The second kappa shape index (κ2) is 7.90. The van der Waals surface area contributed by atoms with E-state index in [4.69, 9.17) is 5.84 Å². The molecule has 0 aromatic heterocycles. The van der Waals surface area contributed by atoms with E-state index in [0.717, 1.165) is 5.92 Å². The molecule has 0 aromatic rings. The molecule has 0 radical (unpaired) electrons. The molecule has 0 fully saturated rings. The summed E-state index contributed by atoms with van der Waals surface area (Å²) >= 11 is 1.88. The zero-order valence-electron chi connectivity index (χ0n) is 8.47. The van der Waals surface area contributed by atoms with Gasteiger partial charge in [-0.05, 0) is 37.2 Å². The van der Waals surface area contributed by atoms with Crippen LogP contribution in [-0.4, -0.2) is 18.1 Å². The number of rotatable bonds is 7. The Kier molecular flexibility index (Phi) is 8.07. The molecule has 1 atom stereocenters. The van der Waals surface area contributed by atoms with E-state index in [2.05, 4.69) is 25.5 Å². The van der Waals surface area contributed by atoms with Crippen molar-refractivity contribution in [2.24, 2.45) is 11.8 Å². The fourth-order valence-electron chi connectivity index (χ4n) is 1.11. The number of nitrogens with two attached hydrogens (primary N) is 1. The molecule has 0 aliphatic heterocycles. The van der Waals surface area contributed by atoms with Gasteiger partial charge in [-0.25, -0.2) is 0 Å². The molecule has 0 aromatic carbocycles. The number of hydrazine groups is 1. The molecule has 12 heavy (non-hydrogen) atoms. The summed E-state index contributed by atoms with van der Waals surface area (Å²) in [6.45, 7) is 4.50. The Labute approximate surface area is 80.6 Å². The summed E-state index contributed by atoms with van der Waals surface area (Å²) in [6.07, 6.45) is 5.79. The van der Waals surface area contributed by atoms with Crippen molar-refractivity contribution in [1.82, 2.24) is 5.43 Å². The van der Waals surface area contributed by atoms with E-state index in [1.54, 1.807) is 0 Å². The van der Waals surface area contributed by atoms with Crippen molar-refractivity contribution in [2.45, 2.75) is 39.2 Å². The second-order valence-corrected chi connectivity index (χ2v) is 4.60. The molecule has 74 valence electrons. The molecule has 0 amide bonds. The lowest BCUT2D eigenvalue weighted by Crippen LogP contribution is -2.35. The van der Waals surface area contributed by atoms with Crippen molar-refractivity contribution in [2.75, 3.05) is 12.0 Å². The molecule has 0 heterocycles. The third-order valence-electron chi connectivity index (χ3n) is 2.00. The molecule has 0 spiro atoms. The van der Waals surface area contributed by atoms with Gasteiger partial charge in [0.05, 0.1) is 0 Å². The normalized spacial score (nSPS) is 13.8. The maximum Gasteiger partial charge on any atom is 0.0218 e. The van der Waals surface area contributed by atoms with E-state index in [9.17, 15) is 0 Å². The Bertz CT molecular complexity index is 96.5. The molecule has 0 aliphatic rings. The summed E-state index contributed by atoms with van der Waals surface area (Å²) in [6, 6.07) is 0.514. The van der Waals surface area contributed by atoms with E-state index in [-0.39, 0.29) is 0 Å². The van der Waals surface area contributed by atoms with Gasteiger partial charge in [0.1, 0.15) is 0 Å². The van der Waals surface area contributed by atoms with E-state index < -0.39 is 0 Å². The van der Waals surface area contributed by atoms with Crippen molar-refractivity contribution < 1.29 is 0 Å². The first-order valence-electron chi connectivity index (χ1n) is 4.65. The van der Waals surface area contributed by atoms with Gasteiger partial charge in [0.15, 0.2) is 0 Å². The van der Waals surface area contributed by atoms with Gasteiger partial charge in [-0.2, -0.15) is 11.8 Å². The molecule has 0 saturated carbocycles. The Morgan fingerprint density at radius 3 is 2.33 bits per heavy atom. The first kappa shape index (κ1) is 12.3. The lowest BCUT2D eigenvalue weighted by molar-refractivity contribution is 0.429. The van der Waals surface area contributed by atoms with Crippen LogP contribution in [0.1, 0.15) is 33.1 Å². The fraction of sp³-hybridized carbons (Fsp3) is 1.00. The van der Waals surface area contributed by atoms with Gasteiger partial charge in [0, 0.05) is 6.04 Å². The van der Waals surface area contributed by atoms with Gasteiger partial charge < -0.3 is 0 Å². The number of nitrogens with one attached hydrogen (secondary N) is 1. The van der Waals surface area contributed by atoms with Crippen LogP contribution in [0.25, 0.3) is 0 Å². The summed E-state index contributed by atoms with van der Waals surface area (Å²) in [5.74, 6) is 7.43. The third-order valence-corrected chi connectivity index (χ3v) is 2.64. The molecule has 3 heteroatoms. The summed E-state index contributed by atoms with van der Waals surface area (Å²) in [5.41, 5.74) is 2.88. The van der Waals surface area contributed by atoms with E-state index in [1.807, 2.05) is 11.8 Å². The van der Waals surface area contributed by atoms with Crippen LogP contribution in [0.2, 0.25) is 0 Å². The highest BCUT2D eigenvalue weighted by atomic mass is 32.2. The first-order chi connectivity index (χ1) is 5.70. The lowest BCUT2D eigenvalue weighted by Gasteiger charge is -2.15. The van der Waals surface area contributed by atoms with Crippen molar-refractivity contribution in [3.05, 3.63) is 0 Å². The summed E-state index contributed by atoms with van der Waals surface area (Å²) in [5, 5.41) is 0. The first-order valence-corrected chi connectivity index (χ1v) is 6.05. The minimum absolute atomic E-state index is 0.514. The Morgan fingerprint density at radius 2 is 1.92 bits per heavy atom. The van der Waals surface area contributed by atoms with Crippen molar-refractivity contribution in [1.29, 1.82) is 0 Å². The number of thioether (sulfide) groups is 1. The molecule has 1 unspecified atom stereocenters. The molecule has 0 bridgehead atoms. The van der Waals surface area contributed by atoms with Crippen molar-refractivity contribution >= 4 is 11.8 Å². The molecule has 0 aliphatic carbocycles. The van der Waals surface area contributed by atoms with Gasteiger partial charge in [-0.15, -0.1) is 0 Å². The number of hydrogen-bond acceptors (Lipinski definition) is 3. The highest BCUT2D eigenvalue weighted by molar-refractivity contribution is 7.98. The van der Waals surface area contributed by atoms with Crippen molar-refractivity contribution in [3.63, 3.8) is 0 Å². The van der Waals surface area contributed by atoms with Crippen molar-refractivity contribution in [3.8, 4) is 0 Å². The minimum Gasteiger partial charge on any atom is -0.271 e. The monoisotopic (exact) mass is 190 g/mol. The van der Waals surface area contributed by atoms with Crippen LogP contribution in [0.15, 0.2) is 0 Å². The van der Waals surface area contributed by atoms with Crippen LogP contribution in [-0.2, 0) is 0 Å². The van der Waals surface area contributed by atoms with Gasteiger partial charge in [-0.3, -0.25) is 11.3 Å². The second-order valence-electron chi connectivity index (χ2n) is 3.62. The maximum absolute atomic E-state index is 5.44. The van der Waals surface area contributed by atoms with Crippen LogP contribution in [0, 0.1) is 5.92 Å². The Morgan fingerprint density at radius 1 is 1.25 bits per heavy atom. The minimum atomic E-state index is 0.514. The van der Waals surface area contributed by atoms with E-state index in [1.165, 1.54) is 25.0 Å². The topological polar surface area (TPSA) is 38.0 Å². The molecular formula is C9H22N2S. The summed E-state index contributed by atoms with van der Waals surface area (Å²) in [4.78, 5) is 0. The highest BCUT2D eigenvalue weighted by Crippen LogP contribution is 2.10. The van der Waals surface area contributed by atoms with Crippen LogP contribution >= 0.6 is 11.8 Å². The van der Waals surface area contributed by atoms with Crippen LogP contribution in [0.3, 0.4) is 0 Å². The summed E-state index contributed by atoms with van der Waals surface area (Å²) < 4.78 is 0. The molecular weight excluding hydrogens is 168 g/mol. The highest BCUT2D eigenvalue weighted by Gasteiger charge is 2.06. The summed E-state index contributed by atoms with van der Waals surface area (Å²) in [7, 11) is 0. The van der Waals surface area contributed by atoms with Crippen LogP contribution in [0.4, 0.5) is 0 Å². The average Bonchev–Trinajstić information content (AvgIpc) is 2.05. The van der Waals surface area contributed by atoms with Gasteiger partial charge in [-0.1, -0.05) is 13.8 Å². The molecule has 3 N–H and O–H groups in total. The Balaban J connectivity index is 3.39. The molecule has 0 rings (SSSR count).